The highest BCUT2D eigenvalue weighted by Crippen LogP contribution is 2.13. The molecule has 1 fully saturated rings. The van der Waals surface area contributed by atoms with Gasteiger partial charge in [0, 0.05) is 19.6 Å². The molecule has 1 unspecified atom stereocenters. The molecule has 1 aliphatic heterocycles. The van der Waals surface area contributed by atoms with Crippen molar-refractivity contribution in [3.8, 4) is 0 Å². The van der Waals surface area contributed by atoms with Crippen LogP contribution < -0.4 is 0 Å². The molecule has 0 N–H and O–H groups in total. The molecule has 1 heterocycles. The molecule has 1 rings (SSSR count). The van der Waals surface area contributed by atoms with Crippen LogP contribution in [0.3, 0.4) is 0 Å². The molecule has 0 aromatic heterocycles. The number of rotatable bonds is 4. The number of ether oxygens (including phenoxy) is 2. The quantitative estimate of drug-likeness (QED) is 0.715. The Kier molecular flexibility index (Phi) is 5.03. The first kappa shape index (κ1) is 12.9. The lowest BCUT2D eigenvalue weighted by molar-refractivity contribution is -0.0598. The molecule has 15 heavy (non-hydrogen) atoms. The fourth-order valence-electron chi connectivity index (χ4n) is 1.85. The Labute approximate surface area is 93.7 Å². The van der Waals surface area contributed by atoms with Crippen molar-refractivity contribution in [1.29, 1.82) is 0 Å². The van der Waals surface area contributed by atoms with Crippen LogP contribution in [0.2, 0.25) is 0 Å². The van der Waals surface area contributed by atoms with E-state index in [9.17, 15) is 0 Å². The van der Waals surface area contributed by atoms with Crippen molar-refractivity contribution in [2.75, 3.05) is 32.8 Å². The highest BCUT2D eigenvalue weighted by atomic mass is 16.5. The minimum Gasteiger partial charge on any atom is -0.379 e. The summed E-state index contributed by atoms with van der Waals surface area (Å²) in [7, 11) is 0. The minimum absolute atomic E-state index is 0.0234. The first-order valence-corrected chi connectivity index (χ1v) is 5.95. The van der Waals surface area contributed by atoms with Crippen molar-refractivity contribution >= 4 is 0 Å². The van der Waals surface area contributed by atoms with Crippen LogP contribution in [0.25, 0.3) is 0 Å². The number of nitrogens with zero attached hydrogens (tertiary/aromatic N) is 1. The van der Waals surface area contributed by atoms with Gasteiger partial charge in [-0.15, -0.1) is 0 Å². The summed E-state index contributed by atoms with van der Waals surface area (Å²) in [5.74, 6) is 0. The van der Waals surface area contributed by atoms with Gasteiger partial charge in [0.2, 0.25) is 0 Å². The summed E-state index contributed by atoms with van der Waals surface area (Å²) < 4.78 is 11.2. The van der Waals surface area contributed by atoms with Crippen molar-refractivity contribution in [1.82, 2.24) is 4.90 Å². The van der Waals surface area contributed by atoms with E-state index in [4.69, 9.17) is 9.47 Å². The van der Waals surface area contributed by atoms with Gasteiger partial charge >= 0.3 is 0 Å². The number of hydrogen-bond donors (Lipinski definition) is 0. The van der Waals surface area contributed by atoms with Crippen molar-refractivity contribution in [3.63, 3.8) is 0 Å². The van der Waals surface area contributed by atoms with Crippen LogP contribution in [-0.4, -0.2) is 49.5 Å². The summed E-state index contributed by atoms with van der Waals surface area (Å²) in [5.41, 5.74) is -0.0234. The van der Waals surface area contributed by atoms with E-state index in [1.54, 1.807) is 0 Å². The van der Waals surface area contributed by atoms with E-state index < -0.39 is 0 Å². The molecule has 0 aromatic carbocycles. The van der Waals surface area contributed by atoms with Crippen LogP contribution in [-0.2, 0) is 9.47 Å². The molecule has 0 spiro atoms. The molecule has 0 amide bonds. The molecule has 1 saturated heterocycles. The van der Waals surface area contributed by atoms with E-state index in [1.807, 2.05) is 0 Å². The average molecular weight is 215 g/mol. The first-order valence-electron chi connectivity index (χ1n) is 5.95. The Morgan fingerprint density at radius 2 is 1.87 bits per heavy atom. The Morgan fingerprint density at radius 3 is 2.40 bits per heavy atom. The maximum atomic E-state index is 5.87. The van der Waals surface area contributed by atoms with E-state index in [1.165, 1.54) is 0 Å². The Balaban J connectivity index is 2.12. The van der Waals surface area contributed by atoms with Gasteiger partial charge in [-0.2, -0.15) is 0 Å². The molecule has 0 aliphatic carbocycles. The van der Waals surface area contributed by atoms with Crippen LogP contribution in [0.1, 0.15) is 34.1 Å². The zero-order chi connectivity index (χ0) is 11.3. The molecule has 3 heteroatoms. The second-order valence-electron chi connectivity index (χ2n) is 5.28. The lowest BCUT2D eigenvalue weighted by Gasteiger charge is -2.30. The van der Waals surface area contributed by atoms with Crippen molar-refractivity contribution in [2.24, 2.45) is 0 Å². The van der Waals surface area contributed by atoms with E-state index in [0.717, 1.165) is 39.3 Å². The number of morpholine rings is 1. The maximum Gasteiger partial charge on any atom is 0.0602 e. The first-order chi connectivity index (χ1) is 6.97. The summed E-state index contributed by atoms with van der Waals surface area (Å²) in [6, 6.07) is 0. The third kappa shape index (κ3) is 6.13. The molecule has 3 nitrogen and oxygen atoms in total. The molecular weight excluding hydrogens is 190 g/mol. The lowest BCUT2D eigenvalue weighted by Crippen LogP contribution is -2.38. The van der Waals surface area contributed by atoms with E-state index in [-0.39, 0.29) is 5.60 Å². The molecule has 1 atom stereocenters. The van der Waals surface area contributed by atoms with Crippen LogP contribution in [0, 0.1) is 0 Å². The molecule has 0 bridgehead atoms. The highest BCUT2D eigenvalue weighted by molar-refractivity contribution is 4.67. The smallest absolute Gasteiger partial charge is 0.0602 e. The predicted molar refractivity (Wildman–Crippen MR) is 62.2 cm³/mol. The third-order valence-electron chi connectivity index (χ3n) is 2.51. The molecular formula is C12H25NO2. The maximum absolute atomic E-state index is 5.87. The monoisotopic (exact) mass is 215 g/mol. The molecule has 0 radical (unpaired) electrons. The third-order valence-corrected chi connectivity index (χ3v) is 2.51. The largest absolute Gasteiger partial charge is 0.379 e. The minimum atomic E-state index is -0.0234. The van der Waals surface area contributed by atoms with Crippen LogP contribution in [0.5, 0.6) is 0 Å². The Hall–Kier alpha value is -0.120. The number of hydrogen-bond acceptors (Lipinski definition) is 3. The van der Waals surface area contributed by atoms with Gasteiger partial charge in [0.15, 0.2) is 0 Å². The average Bonchev–Trinajstić information content (AvgIpc) is 2.14. The molecule has 0 saturated carbocycles. The summed E-state index contributed by atoms with van der Waals surface area (Å²) >= 11 is 0. The SMILES string of the molecule is CC(CCN1CCOCC1)OC(C)(C)C. The van der Waals surface area contributed by atoms with Gasteiger partial charge in [-0.05, 0) is 34.1 Å². The fraction of sp³-hybridized carbons (Fsp3) is 1.00. The van der Waals surface area contributed by atoms with Crippen molar-refractivity contribution in [3.05, 3.63) is 0 Å². The van der Waals surface area contributed by atoms with Gasteiger partial charge in [-0.1, -0.05) is 0 Å². The van der Waals surface area contributed by atoms with Gasteiger partial charge in [0.25, 0.3) is 0 Å². The van der Waals surface area contributed by atoms with Gasteiger partial charge < -0.3 is 9.47 Å². The van der Waals surface area contributed by atoms with Crippen LogP contribution >= 0.6 is 0 Å². The summed E-state index contributed by atoms with van der Waals surface area (Å²) in [5, 5.41) is 0. The van der Waals surface area contributed by atoms with Gasteiger partial charge in [-0.3, -0.25) is 4.90 Å². The Morgan fingerprint density at radius 1 is 1.27 bits per heavy atom. The fourth-order valence-corrected chi connectivity index (χ4v) is 1.85. The van der Waals surface area contributed by atoms with E-state index in [0.29, 0.717) is 6.10 Å². The topological polar surface area (TPSA) is 21.7 Å². The van der Waals surface area contributed by atoms with E-state index in [2.05, 4.69) is 32.6 Å². The second kappa shape index (κ2) is 5.83. The lowest BCUT2D eigenvalue weighted by atomic mass is 10.1. The summed E-state index contributed by atoms with van der Waals surface area (Å²) in [6.45, 7) is 13.5. The van der Waals surface area contributed by atoms with Gasteiger partial charge in [0.1, 0.15) is 0 Å². The molecule has 1 aliphatic rings. The van der Waals surface area contributed by atoms with Gasteiger partial charge in [0.05, 0.1) is 24.9 Å². The Bertz CT molecular complexity index is 171. The standard InChI is InChI=1S/C12H25NO2/c1-11(15-12(2,3)4)5-6-13-7-9-14-10-8-13/h11H,5-10H2,1-4H3. The normalized spacial score (nSPS) is 21.6. The van der Waals surface area contributed by atoms with E-state index >= 15 is 0 Å². The van der Waals surface area contributed by atoms with Crippen molar-refractivity contribution < 1.29 is 9.47 Å². The highest BCUT2D eigenvalue weighted by Gasteiger charge is 2.16. The van der Waals surface area contributed by atoms with Crippen molar-refractivity contribution in [2.45, 2.75) is 45.8 Å². The zero-order valence-electron chi connectivity index (χ0n) is 10.6. The predicted octanol–water partition coefficient (Wildman–Crippen LogP) is 1.91. The summed E-state index contributed by atoms with van der Waals surface area (Å²) in [4.78, 5) is 2.45. The summed E-state index contributed by atoms with van der Waals surface area (Å²) in [6.07, 6.45) is 1.45. The molecule has 0 aromatic rings. The second-order valence-corrected chi connectivity index (χ2v) is 5.28. The zero-order valence-corrected chi connectivity index (χ0v) is 10.6. The van der Waals surface area contributed by atoms with Gasteiger partial charge in [-0.25, -0.2) is 0 Å². The molecule has 90 valence electrons. The van der Waals surface area contributed by atoms with Crippen LogP contribution in [0.4, 0.5) is 0 Å². The van der Waals surface area contributed by atoms with Crippen LogP contribution in [0.15, 0.2) is 0 Å².